The molecule has 3 aromatic carbocycles. The molecule has 10 nitrogen and oxygen atoms in total. The zero-order valence-electron chi connectivity index (χ0n) is 27.9. The first-order valence-corrected chi connectivity index (χ1v) is 18.5. The van der Waals surface area contributed by atoms with Gasteiger partial charge in [0.2, 0.25) is 0 Å². The molecule has 3 N–H and O–H groups in total. The van der Waals surface area contributed by atoms with Crippen molar-refractivity contribution < 1.29 is 28.5 Å². The van der Waals surface area contributed by atoms with Crippen LogP contribution in [0.25, 0.3) is 0 Å². The molecule has 4 atom stereocenters. The van der Waals surface area contributed by atoms with Crippen molar-refractivity contribution >= 4 is 8.32 Å². The van der Waals surface area contributed by atoms with Crippen molar-refractivity contribution in [2.45, 2.75) is 68.9 Å². The molecule has 0 radical (unpaired) electrons. The van der Waals surface area contributed by atoms with Gasteiger partial charge in [-0.25, -0.2) is 4.79 Å². The molecule has 250 valence electrons. The van der Waals surface area contributed by atoms with Crippen LogP contribution in [0.4, 0.5) is 0 Å². The molecule has 47 heavy (non-hydrogen) atoms. The number of aromatic nitrogens is 2. The topological polar surface area (TPSA) is 132 Å². The van der Waals surface area contributed by atoms with Crippen LogP contribution < -0.4 is 20.7 Å². The number of nitrogens with one attached hydrogen (secondary N) is 2. The van der Waals surface area contributed by atoms with Crippen LogP contribution >= 0.6 is 0 Å². The third-order valence-corrected chi connectivity index (χ3v) is 13.8. The van der Waals surface area contributed by atoms with Crippen molar-refractivity contribution in [3.05, 3.63) is 128 Å². The Balaban J connectivity index is 1.62. The molecule has 0 amide bonds. The molecule has 11 heteroatoms. The Labute approximate surface area is 275 Å². The van der Waals surface area contributed by atoms with Gasteiger partial charge in [0.05, 0.1) is 26.4 Å². The van der Waals surface area contributed by atoms with Crippen LogP contribution in [0.5, 0.6) is 11.5 Å². The molecular formula is C36H44N2O8Si. The normalized spacial score (nSPS) is 20.3. The van der Waals surface area contributed by atoms with Crippen molar-refractivity contribution in [3.8, 4) is 11.5 Å². The largest absolute Gasteiger partial charge is 0.497 e. The summed E-state index contributed by atoms with van der Waals surface area (Å²) in [5.74, 6) is 1.40. The van der Waals surface area contributed by atoms with E-state index < -0.39 is 49.6 Å². The fourth-order valence-electron chi connectivity index (χ4n) is 5.71. The van der Waals surface area contributed by atoms with Crippen LogP contribution in [0.15, 0.2) is 94.6 Å². The lowest BCUT2D eigenvalue weighted by atomic mass is 9.80. The van der Waals surface area contributed by atoms with E-state index in [1.54, 1.807) is 14.2 Å². The predicted molar refractivity (Wildman–Crippen MR) is 182 cm³/mol. The third kappa shape index (κ3) is 6.86. The Morgan fingerprint density at radius 3 is 1.85 bits per heavy atom. The molecule has 1 aliphatic heterocycles. The molecule has 0 aliphatic carbocycles. The van der Waals surface area contributed by atoms with E-state index in [-0.39, 0.29) is 17.2 Å². The van der Waals surface area contributed by atoms with Gasteiger partial charge in [0.15, 0.2) is 8.32 Å². The number of hydrogen-bond acceptors (Lipinski definition) is 8. The molecule has 1 aromatic heterocycles. The first-order valence-electron chi connectivity index (χ1n) is 15.6. The standard InChI is InChI=1S/C36H44N2O8Si/c1-35(2,3)47(6,7)46-32-29(45-31(30(32)39)28-21-37-34(41)38-33(28)40)22-44-36(23-11-9-8-10-12-23,24-13-17-26(42-4)18-14-24)25-15-19-27(43-5)20-16-25/h8-21,29-32,39H,22H2,1-7H3,(H2,37,38,40,41)/t29-,30+,31+,32-/m1/s1. The first kappa shape index (κ1) is 34.3. The van der Waals surface area contributed by atoms with E-state index in [9.17, 15) is 14.7 Å². The number of hydrogen-bond donors (Lipinski definition) is 3. The molecule has 1 fully saturated rings. The number of aromatic amines is 2. The molecule has 0 saturated carbocycles. The summed E-state index contributed by atoms with van der Waals surface area (Å²) in [5, 5.41) is 11.6. The van der Waals surface area contributed by atoms with Crippen LogP contribution in [0, 0.1) is 0 Å². The van der Waals surface area contributed by atoms with Gasteiger partial charge in [-0.2, -0.15) is 0 Å². The molecule has 0 spiro atoms. The minimum atomic E-state index is -2.46. The molecule has 0 unspecified atom stereocenters. The maximum atomic E-state index is 12.9. The minimum absolute atomic E-state index is 0.0128. The zero-order chi connectivity index (χ0) is 34.0. The number of ether oxygens (including phenoxy) is 4. The van der Waals surface area contributed by atoms with E-state index in [2.05, 4.69) is 43.8 Å². The minimum Gasteiger partial charge on any atom is -0.497 e. The number of benzene rings is 3. The second kappa shape index (κ2) is 13.6. The predicted octanol–water partition coefficient (Wildman–Crippen LogP) is 5.28. The Kier molecular flexibility index (Phi) is 9.95. The van der Waals surface area contributed by atoms with Gasteiger partial charge < -0.3 is 33.5 Å². The third-order valence-electron chi connectivity index (χ3n) is 9.36. The van der Waals surface area contributed by atoms with Gasteiger partial charge in [0.1, 0.15) is 41.5 Å². The van der Waals surface area contributed by atoms with Crippen molar-refractivity contribution in [2.24, 2.45) is 0 Å². The highest BCUT2D eigenvalue weighted by atomic mass is 28.4. The Morgan fingerprint density at radius 2 is 1.36 bits per heavy atom. The maximum Gasteiger partial charge on any atom is 0.325 e. The fourth-order valence-corrected chi connectivity index (χ4v) is 7.03. The summed E-state index contributed by atoms with van der Waals surface area (Å²) in [6.45, 7) is 10.5. The summed E-state index contributed by atoms with van der Waals surface area (Å²) in [6, 6.07) is 25.3. The van der Waals surface area contributed by atoms with Gasteiger partial charge in [-0.3, -0.25) is 9.78 Å². The lowest BCUT2D eigenvalue weighted by Gasteiger charge is -2.41. The lowest BCUT2D eigenvalue weighted by molar-refractivity contribution is -0.0811. The molecular weight excluding hydrogens is 616 g/mol. The Bertz CT molecular complexity index is 1700. The van der Waals surface area contributed by atoms with Gasteiger partial charge >= 0.3 is 5.69 Å². The highest BCUT2D eigenvalue weighted by Gasteiger charge is 2.51. The van der Waals surface area contributed by atoms with Gasteiger partial charge in [0.25, 0.3) is 5.56 Å². The van der Waals surface area contributed by atoms with Crippen LogP contribution in [0.2, 0.25) is 18.1 Å². The van der Waals surface area contributed by atoms with Crippen LogP contribution in [-0.2, 0) is 19.5 Å². The van der Waals surface area contributed by atoms with Gasteiger partial charge in [-0.05, 0) is 59.1 Å². The monoisotopic (exact) mass is 660 g/mol. The van der Waals surface area contributed by atoms with Crippen molar-refractivity contribution in [2.75, 3.05) is 20.8 Å². The lowest BCUT2D eigenvalue weighted by Crippen LogP contribution is -2.50. The average Bonchev–Trinajstić information content (AvgIpc) is 3.35. The van der Waals surface area contributed by atoms with E-state index in [1.165, 1.54) is 6.20 Å². The van der Waals surface area contributed by atoms with Gasteiger partial charge in [0, 0.05) is 6.20 Å². The number of methoxy groups -OCH3 is 2. The van der Waals surface area contributed by atoms with Gasteiger partial charge in [-0.15, -0.1) is 0 Å². The summed E-state index contributed by atoms with van der Waals surface area (Å²) in [7, 11) is 0.778. The summed E-state index contributed by atoms with van der Waals surface area (Å²) in [5.41, 5.74) is 0.218. The smallest absolute Gasteiger partial charge is 0.325 e. The SMILES string of the molecule is COc1ccc(C(OC[C@H]2O[C@@H](c3c[nH]c(=O)[nH]c3=O)[C@H](O)[C@@H]2O[Si](C)(C)C(C)(C)C)(c2ccccc2)c2ccc(OC)cc2)cc1. The highest BCUT2D eigenvalue weighted by molar-refractivity contribution is 6.74. The van der Waals surface area contributed by atoms with E-state index in [0.717, 1.165) is 16.7 Å². The van der Waals surface area contributed by atoms with Crippen molar-refractivity contribution in [1.29, 1.82) is 0 Å². The molecule has 1 aliphatic rings. The van der Waals surface area contributed by atoms with Crippen LogP contribution in [-0.4, -0.2) is 62.5 Å². The molecule has 4 aromatic rings. The second-order valence-electron chi connectivity index (χ2n) is 13.3. The summed E-state index contributed by atoms with van der Waals surface area (Å²) >= 11 is 0. The number of rotatable bonds is 11. The summed E-state index contributed by atoms with van der Waals surface area (Å²) in [6.07, 6.45) is -2.60. The van der Waals surface area contributed by atoms with E-state index in [1.807, 2.05) is 78.9 Å². The quantitative estimate of drug-likeness (QED) is 0.146. The van der Waals surface area contributed by atoms with Crippen LogP contribution in [0.1, 0.15) is 49.1 Å². The maximum absolute atomic E-state index is 12.9. The van der Waals surface area contributed by atoms with Crippen molar-refractivity contribution in [3.63, 3.8) is 0 Å². The number of H-pyrrole nitrogens is 2. The summed E-state index contributed by atoms with van der Waals surface area (Å²) < 4.78 is 31.3. The van der Waals surface area contributed by atoms with Gasteiger partial charge in [-0.1, -0.05) is 75.4 Å². The molecule has 1 saturated heterocycles. The Morgan fingerprint density at radius 1 is 0.830 bits per heavy atom. The second-order valence-corrected chi connectivity index (χ2v) is 18.0. The molecule has 2 heterocycles. The van der Waals surface area contributed by atoms with E-state index in [0.29, 0.717) is 11.5 Å². The first-order chi connectivity index (χ1) is 22.3. The van der Waals surface area contributed by atoms with E-state index >= 15 is 0 Å². The summed E-state index contributed by atoms with van der Waals surface area (Å²) in [4.78, 5) is 29.4. The van der Waals surface area contributed by atoms with Crippen LogP contribution in [0.3, 0.4) is 0 Å². The fraction of sp³-hybridized carbons (Fsp3) is 0.389. The number of aliphatic hydroxyl groups is 1. The van der Waals surface area contributed by atoms with E-state index in [4.69, 9.17) is 23.4 Å². The number of aliphatic hydroxyl groups excluding tert-OH is 1. The molecule has 0 bridgehead atoms. The van der Waals surface area contributed by atoms with Crippen molar-refractivity contribution in [1.82, 2.24) is 9.97 Å². The zero-order valence-corrected chi connectivity index (χ0v) is 28.9. The molecule has 5 rings (SSSR count). The average molecular weight is 661 g/mol. The highest BCUT2D eigenvalue weighted by Crippen LogP contribution is 2.45. The Hall–Kier alpha value is -4.00.